The minimum atomic E-state index is 0.348. The molecule has 2 heterocycles. The monoisotopic (exact) mass is 289 g/mol. The van der Waals surface area contributed by atoms with Gasteiger partial charge in [0, 0.05) is 49.2 Å². The predicted molar refractivity (Wildman–Crippen MR) is 85.4 cm³/mol. The van der Waals surface area contributed by atoms with E-state index in [0.717, 1.165) is 25.8 Å². The highest BCUT2D eigenvalue weighted by Crippen LogP contribution is 2.23. The van der Waals surface area contributed by atoms with Crippen LogP contribution in [0.2, 0.25) is 0 Å². The van der Waals surface area contributed by atoms with Crippen LogP contribution in [0.25, 0.3) is 0 Å². The van der Waals surface area contributed by atoms with Gasteiger partial charge in [0.1, 0.15) is 0 Å². The summed E-state index contributed by atoms with van der Waals surface area (Å²) >= 11 is 0. The van der Waals surface area contributed by atoms with Crippen LogP contribution in [0.15, 0.2) is 12.3 Å². The molecule has 1 N–H and O–H groups in total. The van der Waals surface area contributed by atoms with E-state index in [2.05, 4.69) is 41.9 Å². The van der Waals surface area contributed by atoms with Gasteiger partial charge in [-0.3, -0.25) is 9.36 Å². The smallest absolute Gasteiger partial charge is 0.0672 e. The highest BCUT2D eigenvalue weighted by molar-refractivity contribution is 5.30. The molecule has 1 unspecified atom stereocenters. The van der Waals surface area contributed by atoms with Crippen molar-refractivity contribution in [2.24, 2.45) is 7.05 Å². The lowest BCUT2D eigenvalue weighted by Gasteiger charge is -2.13. The summed E-state index contributed by atoms with van der Waals surface area (Å²) in [7, 11) is 4.00. The van der Waals surface area contributed by atoms with Crippen molar-refractivity contribution in [2.75, 3.05) is 7.05 Å². The van der Waals surface area contributed by atoms with Crippen LogP contribution < -0.4 is 5.32 Å². The van der Waals surface area contributed by atoms with Gasteiger partial charge in [-0.05, 0) is 32.9 Å². The number of hydrogen-bond acceptors (Lipinski definition) is 3. The van der Waals surface area contributed by atoms with E-state index < -0.39 is 0 Å². The lowest BCUT2D eigenvalue weighted by atomic mass is 10.0. The van der Waals surface area contributed by atoms with E-state index in [0.29, 0.717) is 6.04 Å². The second-order valence-corrected chi connectivity index (χ2v) is 5.44. The number of nitrogens with one attached hydrogen (secondary N) is 1. The van der Waals surface area contributed by atoms with Crippen LogP contribution in [0.1, 0.15) is 49.5 Å². The molecule has 0 aromatic carbocycles. The van der Waals surface area contributed by atoms with E-state index in [1.807, 2.05) is 25.0 Å². The Kier molecular flexibility index (Phi) is 5.17. The average Bonchev–Trinajstić information content (AvgIpc) is 3.06. The number of nitrogens with zero attached hydrogens (tertiary/aromatic N) is 4. The predicted octanol–water partition coefficient (Wildman–Crippen LogP) is 2.26. The fourth-order valence-corrected chi connectivity index (χ4v) is 2.90. The second-order valence-electron chi connectivity index (χ2n) is 5.44. The summed E-state index contributed by atoms with van der Waals surface area (Å²) in [5, 5.41) is 12.4. The van der Waals surface area contributed by atoms with Gasteiger partial charge in [0.15, 0.2) is 0 Å². The Balaban J connectivity index is 2.26. The number of hydrogen-bond donors (Lipinski definition) is 1. The first-order valence-electron chi connectivity index (χ1n) is 7.84. The zero-order valence-corrected chi connectivity index (χ0v) is 13.8. The summed E-state index contributed by atoms with van der Waals surface area (Å²) in [6, 6.07) is 2.42. The van der Waals surface area contributed by atoms with Gasteiger partial charge >= 0.3 is 0 Å². The van der Waals surface area contributed by atoms with Crippen LogP contribution in [0, 0.1) is 0 Å². The third-order valence-electron chi connectivity index (χ3n) is 4.21. The molecule has 0 radical (unpaired) electrons. The topological polar surface area (TPSA) is 47.7 Å². The van der Waals surface area contributed by atoms with Gasteiger partial charge in [-0.25, -0.2) is 0 Å². The van der Waals surface area contributed by atoms with Gasteiger partial charge in [-0.1, -0.05) is 13.8 Å². The van der Waals surface area contributed by atoms with E-state index in [9.17, 15) is 0 Å². The third kappa shape index (κ3) is 3.18. The molecule has 5 heteroatoms. The van der Waals surface area contributed by atoms with Crippen LogP contribution in [-0.4, -0.2) is 26.6 Å². The van der Waals surface area contributed by atoms with Crippen molar-refractivity contribution in [3.05, 3.63) is 34.9 Å². The molecule has 2 rings (SSSR count). The summed E-state index contributed by atoms with van der Waals surface area (Å²) in [4.78, 5) is 0. The van der Waals surface area contributed by atoms with Crippen molar-refractivity contribution in [3.8, 4) is 0 Å². The molecule has 21 heavy (non-hydrogen) atoms. The Morgan fingerprint density at radius 3 is 2.57 bits per heavy atom. The molecule has 0 saturated carbocycles. The Morgan fingerprint density at radius 2 is 2.05 bits per heavy atom. The van der Waals surface area contributed by atoms with Crippen LogP contribution in [0.3, 0.4) is 0 Å². The molecular formula is C16H27N5. The van der Waals surface area contributed by atoms with E-state index in [1.165, 1.54) is 22.6 Å². The van der Waals surface area contributed by atoms with Gasteiger partial charge in [0.05, 0.1) is 5.69 Å². The zero-order valence-electron chi connectivity index (χ0n) is 13.8. The molecular weight excluding hydrogens is 262 g/mol. The largest absolute Gasteiger partial charge is 0.313 e. The molecule has 1 atom stereocenters. The van der Waals surface area contributed by atoms with Crippen molar-refractivity contribution >= 4 is 0 Å². The minimum absolute atomic E-state index is 0.348. The van der Waals surface area contributed by atoms with E-state index in [4.69, 9.17) is 5.10 Å². The molecule has 116 valence electrons. The van der Waals surface area contributed by atoms with Gasteiger partial charge < -0.3 is 5.32 Å². The van der Waals surface area contributed by atoms with Gasteiger partial charge in [-0.15, -0.1) is 0 Å². The lowest BCUT2D eigenvalue weighted by molar-refractivity contribution is 0.557. The zero-order chi connectivity index (χ0) is 15.4. The quantitative estimate of drug-likeness (QED) is 0.850. The van der Waals surface area contributed by atoms with Gasteiger partial charge in [0.2, 0.25) is 0 Å². The Morgan fingerprint density at radius 1 is 1.29 bits per heavy atom. The second kappa shape index (κ2) is 6.89. The standard InChI is InChI=1S/C16H27N5/c1-6-14-16(12(3)17-4)15(7-2)21(19-14)11-9-13-8-10-18-20(13)5/h8,10,12,17H,6-7,9,11H2,1-5H3. The SMILES string of the molecule is CCc1nn(CCc2ccnn2C)c(CC)c1C(C)NC. The fraction of sp³-hybridized carbons (Fsp3) is 0.625. The normalized spacial score (nSPS) is 12.8. The maximum Gasteiger partial charge on any atom is 0.0672 e. The van der Waals surface area contributed by atoms with Crippen LogP contribution >= 0.6 is 0 Å². The highest BCUT2D eigenvalue weighted by atomic mass is 15.3. The fourth-order valence-electron chi connectivity index (χ4n) is 2.90. The van der Waals surface area contributed by atoms with Crippen LogP contribution in [-0.2, 0) is 32.9 Å². The lowest BCUT2D eigenvalue weighted by Crippen LogP contribution is -2.16. The Labute approximate surface area is 127 Å². The van der Waals surface area contributed by atoms with E-state index in [-0.39, 0.29) is 0 Å². The molecule has 0 spiro atoms. The first kappa shape index (κ1) is 15.8. The number of aromatic nitrogens is 4. The molecule has 2 aromatic rings. The molecule has 2 aromatic heterocycles. The number of rotatable bonds is 7. The molecule has 0 amide bonds. The molecule has 0 aliphatic heterocycles. The maximum absolute atomic E-state index is 4.84. The summed E-state index contributed by atoms with van der Waals surface area (Å²) in [5.74, 6) is 0. The average molecular weight is 289 g/mol. The van der Waals surface area contributed by atoms with Crippen molar-refractivity contribution in [1.82, 2.24) is 24.9 Å². The van der Waals surface area contributed by atoms with Crippen molar-refractivity contribution in [1.29, 1.82) is 0 Å². The molecule has 0 fully saturated rings. The summed E-state index contributed by atoms with van der Waals surface area (Å²) < 4.78 is 4.13. The Bertz CT molecular complexity index is 582. The molecule has 5 nitrogen and oxygen atoms in total. The van der Waals surface area contributed by atoms with Crippen molar-refractivity contribution in [2.45, 2.75) is 52.6 Å². The first-order valence-corrected chi connectivity index (χ1v) is 7.84. The molecule has 0 bridgehead atoms. The highest BCUT2D eigenvalue weighted by Gasteiger charge is 2.19. The molecule has 0 aliphatic carbocycles. The van der Waals surface area contributed by atoms with Crippen LogP contribution in [0.5, 0.6) is 0 Å². The summed E-state index contributed by atoms with van der Waals surface area (Å²) in [6.45, 7) is 7.51. The van der Waals surface area contributed by atoms with Crippen molar-refractivity contribution < 1.29 is 0 Å². The maximum atomic E-state index is 4.84. The Hall–Kier alpha value is -1.62. The van der Waals surface area contributed by atoms with Gasteiger partial charge in [0.25, 0.3) is 0 Å². The summed E-state index contributed by atoms with van der Waals surface area (Å²) in [6.07, 6.45) is 4.81. The molecule has 0 aliphatic rings. The van der Waals surface area contributed by atoms with Gasteiger partial charge in [-0.2, -0.15) is 10.2 Å². The minimum Gasteiger partial charge on any atom is -0.313 e. The third-order valence-corrected chi connectivity index (χ3v) is 4.21. The van der Waals surface area contributed by atoms with Crippen LogP contribution in [0.4, 0.5) is 0 Å². The van der Waals surface area contributed by atoms with E-state index >= 15 is 0 Å². The van der Waals surface area contributed by atoms with E-state index in [1.54, 1.807) is 0 Å². The summed E-state index contributed by atoms with van der Waals surface area (Å²) in [5.41, 5.74) is 5.20. The van der Waals surface area contributed by atoms with Crippen molar-refractivity contribution in [3.63, 3.8) is 0 Å². The first-order chi connectivity index (χ1) is 10.1. The molecule has 0 saturated heterocycles. The number of aryl methyl sites for hydroxylation is 4.